The second kappa shape index (κ2) is 18.7. The quantitative estimate of drug-likeness (QED) is 0.126. The van der Waals surface area contributed by atoms with Crippen LogP contribution in [-0.2, 0) is 5.41 Å². The van der Waals surface area contributed by atoms with Crippen molar-refractivity contribution in [1.29, 1.82) is 0 Å². The first-order valence-corrected chi connectivity index (χ1v) is 28.3. The molecule has 0 saturated heterocycles. The van der Waals surface area contributed by atoms with Gasteiger partial charge in [-0.05, 0) is 137 Å². The highest BCUT2D eigenvalue weighted by Gasteiger charge is 2.49. The van der Waals surface area contributed by atoms with E-state index in [4.69, 9.17) is 0 Å². The first-order chi connectivity index (χ1) is 37.7. The van der Waals surface area contributed by atoms with Gasteiger partial charge < -0.3 is 9.80 Å². The van der Waals surface area contributed by atoms with Crippen molar-refractivity contribution < 1.29 is 0 Å². The Balaban J connectivity index is 0.949. The van der Waals surface area contributed by atoms with E-state index in [1.165, 1.54) is 82.2 Å². The molecule has 0 radical (unpaired) electrons. The molecule has 14 rings (SSSR count). The van der Waals surface area contributed by atoms with Crippen LogP contribution < -0.4 is 30.5 Å². The Kier molecular flexibility index (Phi) is 11.1. The van der Waals surface area contributed by atoms with Crippen LogP contribution in [-0.4, -0.2) is 8.07 Å². The van der Waals surface area contributed by atoms with Crippen molar-refractivity contribution in [2.75, 3.05) is 9.80 Å². The monoisotopic (exact) mass is 984 g/mol. The predicted octanol–water partition coefficient (Wildman–Crippen LogP) is 16.0. The summed E-state index contributed by atoms with van der Waals surface area (Å²) in [7, 11) is -2.90. The summed E-state index contributed by atoms with van der Waals surface area (Å²) in [6, 6.07) is 117. The van der Waals surface area contributed by atoms with Crippen molar-refractivity contribution in [2.45, 2.75) is 5.41 Å². The Morgan fingerprint density at radius 2 is 0.724 bits per heavy atom. The van der Waals surface area contributed by atoms with Gasteiger partial charge in [-0.15, -0.1) is 0 Å². The number of benzene rings is 12. The molecule has 0 N–H and O–H groups in total. The highest BCUT2D eigenvalue weighted by Crippen LogP contribution is 2.57. The van der Waals surface area contributed by atoms with E-state index in [2.05, 4.69) is 325 Å². The molecule has 0 amide bonds. The minimum atomic E-state index is -2.90. The van der Waals surface area contributed by atoms with Gasteiger partial charge in [-0.1, -0.05) is 255 Å². The average Bonchev–Trinajstić information content (AvgIpc) is 3.91. The maximum Gasteiger partial charge on any atom is 0.184 e. The lowest BCUT2D eigenvalue weighted by Gasteiger charge is -2.45. The molecule has 12 aromatic carbocycles. The fraction of sp³-hybridized carbons (Fsp3) is 0.0137. The number of fused-ring (bicyclic) bond motifs is 5. The Bertz CT molecular complexity index is 3940. The van der Waals surface area contributed by atoms with Crippen LogP contribution in [0.25, 0.3) is 33.4 Å². The van der Waals surface area contributed by atoms with Crippen LogP contribution in [0.5, 0.6) is 0 Å². The molecule has 3 heteroatoms. The van der Waals surface area contributed by atoms with Crippen molar-refractivity contribution in [3.05, 3.63) is 338 Å². The Hall–Kier alpha value is -9.54. The standard InChI is InChI=1S/C73H52N2Si/c1-7-23-53(24-8-1)54-39-44-60(45-40-54)74(62-48-49-66-65-35-19-20-36-67(65)73(68(66)52-62,57-25-9-2-10-26-57)58-27-11-3-12-28-58)61-46-41-55(42-47-61)56-43-50-70-72(51-56)76(63-31-15-5-16-32-63,64-33-17-6-18-34-64)71-38-22-21-37-69(71)75(70)59-29-13-4-14-30-59/h1-52H. The zero-order chi connectivity index (χ0) is 50.5. The third-order valence-corrected chi connectivity index (χ3v) is 20.8. The van der Waals surface area contributed by atoms with E-state index in [1.807, 2.05) is 0 Å². The van der Waals surface area contributed by atoms with Crippen LogP contribution in [0.3, 0.4) is 0 Å². The number of hydrogen-bond donors (Lipinski definition) is 0. The molecule has 12 aromatic rings. The second-order valence-corrected chi connectivity index (χ2v) is 23.7. The Morgan fingerprint density at radius 3 is 1.33 bits per heavy atom. The van der Waals surface area contributed by atoms with Gasteiger partial charge in [0.1, 0.15) is 0 Å². The third-order valence-electron chi connectivity index (χ3n) is 16.0. The van der Waals surface area contributed by atoms with Crippen molar-refractivity contribution >= 4 is 62.9 Å². The van der Waals surface area contributed by atoms with Crippen molar-refractivity contribution in [3.63, 3.8) is 0 Å². The molecule has 2 nitrogen and oxygen atoms in total. The summed E-state index contributed by atoms with van der Waals surface area (Å²) in [5, 5.41) is 5.48. The molecule has 1 aliphatic heterocycles. The summed E-state index contributed by atoms with van der Waals surface area (Å²) in [4.78, 5) is 4.92. The van der Waals surface area contributed by atoms with E-state index in [0.717, 1.165) is 28.3 Å². The summed E-state index contributed by atoms with van der Waals surface area (Å²) in [6.07, 6.45) is 0. The molecule has 76 heavy (non-hydrogen) atoms. The van der Waals surface area contributed by atoms with Crippen LogP contribution in [0.1, 0.15) is 22.3 Å². The predicted molar refractivity (Wildman–Crippen MR) is 321 cm³/mol. The van der Waals surface area contributed by atoms with Crippen LogP contribution in [0.15, 0.2) is 315 Å². The maximum atomic E-state index is 2.52. The van der Waals surface area contributed by atoms with Crippen molar-refractivity contribution in [2.24, 2.45) is 0 Å². The highest BCUT2D eigenvalue weighted by atomic mass is 28.3. The SMILES string of the molecule is c1ccc(-c2ccc(N(c3ccc(-c4ccc5c(c4)[Si](c4ccccc4)(c4ccccc4)c4ccccc4N5c4ccccc4)cc3)c3ccc4c(c3)C(c3ccccc3)(c3ccccc3)c3ccccc3-4)cc2)cc1. The van der Waals surface area contributed by atoms with Gasteiger partial charge in [-0.25, -0.2) is 0 Å². The molecule has 0 aromatic heterocycles. The minimum absolute atomic E-state index is 0.530. The van der Waals surface area contributed by atoms with E-state index in [9.17, 15) is 0 Å². The van der Waals surface area contributed by atoms with E-state index in [0.29, 0.717) is 0 Å². The molecule has 1 heterocycles. The van der Waals surface area contributed by atoms with Gasteiger partial charge >= 0.3 is 0 Å². The van der Waals surface area contributed by atoms with Crippen molar-refractivity contribution in [1.82, 2.24) is 0 Å². The van der Waals surface area contributed by atoms with Gasteiger partial charge in [0.25, 0.3) is 0 Å². The average molecular weight is 985 g/mol. The highest BCUT2D eigenvalue weighted by molar-refractivity contribution is 7.21. The topological polar surface area (TPSA) is 6.48 Å². The first kappa shape index (κ1) is 45.1. The molecule has 0 spiro atoms. The second-order valence-electron chi connectivity index (χ2n) is 20.0. The normalized spacial score (nSPS) is 13.4. The number of nitrogens with zero attached hydrogens (tertiary/aromatic N) is 2. The molecule has 0 saturated carbocycles. The van der Waals surface area contributed by atoms with Gasteiger partial charge in [0.2, 0.25) is 0 Å². The maximum absolute atomic E-state index is 2.90. The summed E-state index contributed by atoms with van der Waals surface area (Å²) in [5.74, 6) is 0. The summed E-state index contributed by atoms with van der Waals surface area (Å²) < 4.78 is 0. The fourth-order valence-electron chi connectivity index (χ4n) is 12.7. The van der Waals surface area contributed by atoms with Crippen LogP contribution >= 0.6 is 0 Å². The van der Waals surface area contributed by atoms with E-state index < -0.39 is 13.5 Å². The molecule has 2 aliphatic rings. The lowest BCUT2D eigenvalue weighted by molar-refractivity contribution is 0.768. The van der Waals surface area contributed by atoms with Gasteiger partial charge in [0.05, 0.1) is 5.41 Å². The Labute approximate surface area is 446 Å². The summed E-state index contributed by atoms with van der Waals surface area (Å²) in [5.41, 5.74) is 18.7. The summed E-state index contributed by atoms with van der Waals surface area (Å²) >= 11 is 0. The molecule has 1 aliphatic carbocycles. The van der Waals surface area contributed by atoms with E-state index in [1.54, 1.807) is 0 Å². The number of rotatable bonds is 10. The number of para-hydroxylation sites is 2. The van der Waals surface area contributed by atoms with Crippen LogP contribution in [0.4, 0.5) is 34.1 Å². The summed E-state index contributed by atoms with van der Waals surface area (Å²) in [6.45, 7) is 0. The lowest BCUT2D eigenvalue weighted by atomic mass is 9.67. The number of anilines is 6. The fourth-order valence-corrected chi connectivity index (χ4v) is 17.9. The molecule has 358 valence electrons. The lowest BCUT2D eigenvalue weighted by Crippen LogP contribution is -2.77. The Morgan fingerprint density at radius 1 is 0.289 bits per heavy atom. The molecule has 0 fully saturated rings. The molecular weight excluding hydrogens is 933 g/mol. The first-order valence-electron chi connectivity index (χ1n) is 26.3. The molecular formula is C73H52N2Si. The smallest absolute Gasteiger partial charge is 0.184 e. The molecule has 0 bridgehead atoms. The zero-order valence-electron chi connectivity index (χ0n) is 41.9. The molecule has 0 unspecified atom stereocenters. The van der Waals surface area contributed by atoms with E-state index in [-0.39, 0.29) is 0 Å². The van der Waals surface area contributed by atoms with Crippen LogP contribution in [0.2, 0.25) is 0 Å². The van der Waals surface area contributed by atoms with Gasteiger partial charge in [-0.2, -0.15) is 0 Å². The van der Waals surface area contributed by atoms with Crippen molar-refractivity contribution in [3.8, 4) is 33.4 Å². The largest absolute Gasteiger partial charge is 0.311 e. The third kappa shape index (κ3) is 7.16. The van der Waals surface area contributed by atoms with Gasteiger partial charge in [0, 0.05) is 34.1 Å². The zero-order valence-corrected chi connectivity index (χ0v) is 42.9. The van der Waals surface area contributed by atoms with Gasteiger partial charge in [-0.3, -0.25) is 0 Å². The van der Waals surface area contributed by atoms with Crippen LogP contribution in [0, 0.1) is 0 Å². The minimum Gasteiger partial charge on any atom is -0.311 e. The number of hydrogen-bond acceptors (Lipinski definition) is 2. The molecule has 0 atom stereocenters. The van der Waals surface area contributed by atoms with E-state index >= 15 is 0 Å². The van der Waals surface area contributed by atoms with Gasteiger partial charge in [0.15, 0.2) is 8.07 Å².